The van der Waals surface area contributed by atoms with Crippen LogP contribution in [0.25, 0.3) is 0 Å². The molecule has 0 bridgehead atoms. The van der Waals surface area contributed by atoms with Crippen LogP contribution in [-0.2, 0) is 4.79 Å². The van der Waals surface area contributed by atoms with Crippen molar-refractivity contribution < 1.29 is 4.79 Å². The Morgan fingerprint density at radius 3 is 2.80 bits per heavy atom. The monoisotopic (exact) mass is 139 g/mol. The van der Waals surface area contributed by atoms with E-state index in [0.29, 0.717) is 12.2 Å². The Balaban J connectivity index is 4.02. The summed E-state index contributed by atoms with van der Waals surface area (Å²) >= 11 is 0. The Bertz CT molecular complexity index is 172. The third-order valence-corrected chi connectivity index (χ3v) is 0.723. The highest BCUT2D eigenvalue weighted by Crippen LogP contribution is 1.86. The van der Waals surface area contributed by atoms with Gasteiger partial charge in [0.2, 0.25) is 6.41 Å². The molecule has 0 aliphatic heterocycles. The number of hydrogen-bond acceptors (Lipinski definition) is 3. The molecular weight excluding hydrogens is 130 g/mol. The summed E-state index contributed by atoms with van der Waals surface area (Å²) in [5, 5.41) is 2.30. The van der Waals surface area contributed by atoms with Gasteiger partial charge < -0.3 is 5.32 Å². The molecule has 0 saturated carbocycles. The fourth-order valence-corrected chi connectivity index (χ4v) is 0.329. The summed E-state index contributed by atoms with van der Waals surface area (Å²) in [6.45, 7) is 4.98. The first-order valence-electron chi connectivity index (χ1n) is 2.70. The molecule has 0 aliphatic rings. The van der Waals surface area contributed by atoms with Gasteiger partial charge in [0, 0.05) is 6.21 Å². The van der Waals surface area contributed by atoms with E-state index >= 15 is 0 Å². The van der Waals surface area contributed by atoms with Crippen LogP contribution in [0, 0.1) is 0 Å². The Hall–Kier alpha value is -1.45. The molecule has 0 saturated heterocycles. The molecule has 0 spiro atoms. The van der Waals surface area contributed by atoms with Crippen molar-refractivity contribution in [2.75, 3.05) is 0 Å². The Labute approximate surface area is 59.4 Å². The van der Waals surface area contributed by atoms with Crippen molar-refractivity contribution in [3.8, 4) is 0 Å². The summed E-state index contributed by atoms with van der Waals surface area (Å²) < 4.78 is 0. The van der Waals surface area contributed by atoms with E-state index in [9.17, 15) is 4.79 Å². The molecule has 4 heteroatoms. The molecule has 0 unspecified atom stereocenters. The number of nitrogens with one attached hydrogen (secondary N) is 1. The highest BCUT2D eigenvalue weighted by atomic mass is 16.1. The minimum Gasteiger partial charge on any atom is -0.312 e. The summed E-state index contributed by atoms with van der Waals surface area (Å²) in [5.41, 5.74) is 0. The van der Waals surface area contributed by atoms with Gasteiger partial charge in [0.05, 0.1) is 6.20 Å². The van der Waals surface area contributed by atoms with Crippen molar-refractivity contribution in [3.05, 3.63) is 12.0 Å². The molecule has 1 N–H and O–H groups in total. The van der Waals surface area contributed by atoms with Crippen LogP contribution < -0.4 is 5.32 Å². The predicted molar refractivity (Wildman–Crippen MR) is 41.0 cm³/mol. The molecule has 0 heterocycles. The number of carbonyl (C=O) groups is 1. The molecule has 10 heavy (non-hydrogen) atoms. The highest BCUT2D eigenvalue weighted by Gasteiger charge is 1.84. The first-order chi connectivity index (χ1) is 4.85. The SMILES string of the molecule is C=N/C(=C\N=CC)NC=O. The highest BCUT2D eigenvalue weighted by molar-refractivity contribution is 5.55. The van der Waals surface area contributed by atoms with Crippen molar-refractivity contribution in [1.29, 1.82) is 0 Å². The van der Waals surface area contributed by atoms with E-state index in [1.807, 2.05) is 0 Å². The van der Waals surface area contributed by atoms with Crippen molar-refractivity contribution in [3.63, 3.8) is 0 Å². The number of rotatable bonds is 4. The molecule has 0 aliphatic carbocycles. The van der Waals surface area contributed by atoms with Gasteiger partial charge in [-0.1, -0.05) is 0 Å². The van der Waals surface area contributed by atoms with Gasteiger partial charge in [0.25, 0.3) is 0 Å². The minimum atomic E-state index is 0.341. The van der Waals surface area contributed by atoms with Crippen molar-refractivity contribution in [2.45, 2.75) is 6.92 Å². The zero-order chi connectivity index (χ0) is 7.82. The van der Waals surface area contributed by atoms with Crippen LogP contribution in [0.4, 0.5) is 0 Å². The molecule has 0 atom stereocenters. The second kappa shape index (κ2) is 5.68. The smallest absolute Gasteiger partial charge is 0.212 e. The van der Waals surface area contributed by atoms with Crippen LogP contribution in [0.1, 0.15) is 6.92 Å². The largest absolute Gasteiger partial charge is 0.312 e. The maximum atomic E-state index is 9.85. The maximum absolute atomic E-state index is 9.85. The lowest BCUT2D eigenvalue weighted by Gasteiger charge is -1.92. The minimum absolute atomic E-state index is 0.341. The number of nitrogens with zero attached hydrogens (tertiary/aromatic N) is 2. The van der Waals surface area contributed by atoms with E-state index in [1.54, 1.807) is 13.1 Å². The van der Waals surface area contributed by atoms with Crippen LogP contribution in [-0.4, -0.2) is 19.3 Å². The fraction of sp³-hybridized carbons (Fsp3) is 0.167. The lowest BCUT2D eigenvalue weighted by molar-refractivity contribution is -0.108. The van der Waals surface area contributed by atoms with E-state index in [0.717, 1.165) is 0 Å². The van der Waals surface area contributed by atoms with Gasteiger partial charge in [-0.15, -0.1) is 0 Å². The quantitative estimate of drug-likeness (QED) is 0.442. The molecule has 0 fully saturated rings. The van der Waals surface area contributed by atoms with E-state index in [1.165, 1.54) is 6.20 Å². The molecular formula is C6H9N3O. The van der Waals surface area contributed by atoms with E-state index in [-0.39, 0.29) is 0 Å². The maximum Gasteiger partial charge on any atom is 0.212 e. The van der Waals surface area contributed by atoms with Gasteiger partial charge in [-0.2, -0.15) is 0 Å². The van der Waals surface area contributed by atoms with Crippen LogP contribution >= 0.6 is 0 Å². The van der Waals surface area contributed by atoms with E-state index < -0.39 is 0 Å². The lowest BCUT2D eigenvalue weighted by atomic mass is 10.7. The Morgan fingerprint density at radius 1 is 1.70 bits per heavy atom. The molecule has 0 aromatic rings. The van der Waals surface area contributed by atoms with Crippen LogP contribution in [0.2, 0.25) is 0 Å². The summed E-state index contributed by atoms with van der Waals surface area (Å²) in [6.07, 6.45) is 3.50. The summed E-state index contributed by atoms with van der Waals surface area (Å²) in [5.74, 6) is 0.341. The third kappa shape index (κ3) is 3.54. The average molecular weight is 139 g/mol. The molecule has 1 amide bonds. The first-order valence-corrected chi connectivity index (χ1v) is 2.70. The molecule has 0 rings (SSSR count). The van der Waals surface area contributed by atoms with Crippen molar-refractivity contribution >= 4 is 19.3 Å². The van der Waals surface area contributed by atoms with Crippen LogP contribution in [0.15, 0.2) is 22.0 Å². The standard InChI is InChI=1S/C6H9N3O/c1-3-8-4-6(7-2)9-5-10/h3-5H,2H2,1H3,(H,9,10)/b6-4+,8-3?. The van der Waals surface area contributed by atoms with E-state index in [2.05, 4.69) is 22.0 Å². The van der Waals surface area contributed by atoms with Crippen molar-refractivity contribution in [2.24, 2.45) is 9.98 Å². The zero-order valence-corrected chi connectivity index (χ0v) is 5.74. The normalized spacial score (nSPS) is 11.5. The summed E-state index contributed by atoms with van der Waals surface area (Å²) in [7, 11) is 0. The molecule has 4 nitrogen and oxygen atoms in total. The van der Waals surface area contributed by atoms with Crippen molar-refractivity contribution in [1.82, 2.24) is 5.32 Å². The number of carbonyl (C=O) groups excluding carboxylic acids is 1. The fourth-order valence-electron chi connectivity index (χ4n) is 0.329. The van der Waals surface area contributed by atoms with Crippen LogP contribution in [0.5, 0.6) is 0 Å². The lowest BCUT2D eigenvalue weighted by Crippen LogP contribution is -2.07. The second-order valence-corrected chi connectivity index (χ2v) is 1.34. The number of aliphatic imine (C=N–C) groups is 2. The van der Waals surface area contributed by atoms with Gasteiger partial charge in [-0.3, -0.25) is 9.79 Å². The predicted octanol–water partition coefficient (Wildman–Crippen LogP) is 0.323. The zero-order valence-electron chi connectivity index (χ0n) is 5.74. The van der Waals surface area contributed by atoms with Gasteiger partial charge >= 0.3 is 0 Å². The van der Waals surface area contributed by atoms with E-state index in [4.69, 9.17) is 0 Å². The average Bonchev–Trinajstić information content (AvgIpc) is 1.98. The summed E-state index contributed by atoms with van der Waals surface area (Å²) in [6, 6.07) is 0. The molecule has 0 aromatic heterocycles. The third-order valence-electron chi connectivity index (χ3n) is 0.723. The van der Waals surface area contributed by atoms with Crippen LogP contribution in [0.3, 0.4) is 0 Å². The molecule has 0 radical (unpaired) electrons. The van der Waals surface area contributed by atoms with Gasteiger partial charge in [-0.05, 0) is 13.6 Å². The van der Waals surface area contributed by atoms with Gasteiger partial charge in [0.1, 0.15) is 5.82 Å². The Kier molecular flexibility index (Phi) is 4.86. The Morgan fingerprint density at radius 2 is 2.40 bits per heavy atom. The number of amides is 1. The summed E-state index contributed by atoms with van der Waals surface area (Å²) in [4.78, 5) is 17.0. The number of hydrogen-bond donors (Lipinski definition) is 1. The van der Waals surface area contributed by atoms with Gasteiger partial charge in [0.15, 0.2) is 0 Å². The molecule has 54 valence electrons. The first kappa shape index (κ1) is 8.55. The van der Waals surface area contributed by atoms with Gasteiger partial charge in [-0.25, -0.2) is 4.99 Å². The topological polar surface area (TPSA) is 53.8 Å². The molecule has 0 aromatic carbocycles. The second-order valence-electron chi connectivity index (χ2n) is 1.34.